The average Bonchev–Trinajstić information content (AvgIpc) is 3.09. The Morgan fingerprint density at radius 3 is 2.39 bits per heavy atom. The van der Waals surface area contributed by atoms with Gasteiger partial charge >= 0.3 is 0 Å². The van der Waals surface area contributed by atoms with Crippen LogP contribution >= 0.6 is 35.1 Å². The van der Waals surface area contributed by atoms with Gasteiger partial charge in [-0.1, -0.05) is 78.0 Å². The Labute approximate surface area is 205 Å². The van der Waals surface area contributed by atoms with E-state index in [9.17, 15) is 9.59 Å². The summed E-state index contributed by atoms with van der Waals surface area (Å²) in [5, 5.41) is 2.66. The molecule has 4 aromatic rings. The van der Waals surface area contributed by atoms with Gasteiger partial charge in [-0.2, -0.15) is 0 Å². The molecule has 6 heteroatoms. The molecule has 2 amide bonds. The van der Waals surface area contributed by atoms with E-state index < -0.39 is 0 Å². The molecule has 5 rings (SSSR count). The number of carbonyl (C=O) groups excluding carboxylic acids is 2. The van der Waals surface area contributed by atoms with Crippen molar-refractivity contribution in [1.29, 1.82) is 0 Å². The van der Waals surface area contributed by atoms with E-state index in [1.807, 2.05) is 97.1 Å². The van der Waals surface area contributed by atoms with Gasteiger partial charge in [-0.15, -0.1) is 0 Å². The molecule has 4 aromatic carbocycles. The van der Waals surface area contributed by atoms with Crippen LogP contribution in [0.5, 0.6) is 0 Å². The number of benzene rings is 4. The summed E-state index contributed by atoms with van der Waals surface area (Å²) in [7, 11) is 0. The zero-order valence-electron chi connectivity index (χ0n) is 17.4. The van der Waals surface area contributed by atoms with Crippen molar-refractivity contribution in [3.05, 3.63) is 112 Å². The van der Waals surface area contributed by atoms with Crippen molar-refractivity contribution in [2.24, 2.45) is 0 Å². The minimum absolute atomic E-state index is 0.248. The highest BCUT2D eigenvalue weighted by atomic mass is 35.5. The third kappa shape index (κ3) is 4.86. The molecular formula is C27H18ClNO2S2. The van der Waals surface area contributed by atoms with E-state index in [0.717, 1.165) is 43.5 Å². The van der Waals surface area contributed by atoms with Gasteiger partial charge in [0.05, 0.1) is 11.4 Å². The number of halogens is 1. The molecule has 162 valence electrons. The van der Waals surface area contributed by atoms with Crippen LogP contribution < -0.4 is 0 Å². The van der Waals surface area contributed by atoms with Crippen LogP contribution in [0, 0.1) is 0 Å². The Balaban J connectivity index is 1.38. The Bertz CT molecular complexity index is 1400. The maximum Gasteiger partial charge on any atom is 0.293 e. The van der Waals surface area contributed by atoms with E-state index in [1.165, 1.54) is 4.90 Å². The van der Waals surface area contributed by atoms with Crippen molar-refractivity contribution in [2.45, 2.75) is 16.3 Å². The second-order valence-corrected chi connectivity index (χ2v) is 10.1. The van der Waals surface area contributed by atoms with E-state index in [1.54, 1.807) is 11.8 Å². The van der Waals surface area contributed by atoms with Crippen LogP contribution in [0.4, 0.5) is 4.79 Å². The van der Waals surface area contributed by atoms with Gasteiger partial charge in [0.15, 0.2) is 0 Å². The molecule has 0 atom stereocenters. The molecule has 0 radical (unpaired) electrons. The predicted octanol–water partition coefficient (Wildman–Crippen LogP) is 7.88. The molecule has 0 bridgehead atoms. The summed E-state index contributed by atoms with van der Waals surface area (Å²) in [6.07, 6.45) is 1.81. The minimum Gasteiger partial charge on any atom is -0.268 e. The van der Waals surface area contributed by atoms with Crippen LogP contribution in [0.2, 0.25) is 5.02 Å². The Hall–Kier alpha value is -2.99. The molecule has 1 heterocycles. The molecule has 1 aliphatic rings. The molecule has 0 spiro atoms. The smallest absolute Gasteiger partial charge is 0.268 e. The number of imide groups is 1. The number of nitrogens with zero attached hydrogens (tertiary/aromatic N) is 1. The molecule has 1 saturated heterocycles. The second-order valence-electron chi connectivity index (χ2n) is 7.54. The lowest BCUT2D eigenvalue weighted by atomic mass is 10.1. The van der Waals surface area contributed by atoms with E-state index in [0.29, 0.717) is 9.93 Å². The first kappa shape index (κ1) is 21.8. The second kappa shape index (κ2) is 9.48. The number of carbonyl (C=O) groups is 2. The third-order valence-corrected chi connectivity index (χ3v) is 7.53. The van der Waals surface area contributed by atoms with Gasteiger partial charge in [0.25, 0.3) is 11.1 Å². The Kier molecular flexibility index (Phi) is 6.27. The molecule has 1 aliphatic heterocycles. The van der Waals surface area contributed by atoms with Gasteiger partial charge in [-0.05, 0) is 76.1 Å². The highest BCUT2D eigenvalue weighted by Gasteiger charge is 2.35. The molecular weight excluding hydrogens is 470 g/mol. The minimum atomic E-state index is -0.260. The predicted molar refractivity (Wildman–Crippen MR) is 137 cm³/mol. The Morgan fingerprint density at radius 1 is 0.848 bits per heavy atom. The number of rotatable bonds is 5. The summed E-state index contributed by atoms with van der Waals surface area (Å²) >= 11 is 8.57. The van der Waals surface area contributed by atoms with E-state index >= 15 is 0 Å². The van der Waals surface area contributed by atoms with Crippen molar-refractivity contribution in [2.75, 3.05) is 0 Å². The Morgan fingerprint density at radius 2 is 1.58 bits per heavy atom. The van der Waals surface area contributed by atoms with Crippen LogP contribution in [0.25, 0.3) is 16.8 Å². The summed E-state index contributed by atoms with van der Waals surface area (Å²) < 4.78 is 0. The fraction of sp³-hybridized carbons (Fsp3) is 0.0370. The fourth-order valence-corrected chi connectivity index (χ4v) is 5.49. The molecule has 0 unspecified atom stereocenters. The van der Waals surface area contributed by atoms with Crippen LogP contribution in [0.1, 0.15) is 11.1 Å². The first-order valence-electron chi connectivity index (χ1n) is 10.3. The zero-order chi connectivity index (χ0) is 22.8. The third-order valence-electron chi connectivity index (χ3n) is 5.28. The zero-order valence-corrected chi connectivity index (χ0v) is 19.8. The fourth-order valence-electron chi connectivity index (χ4n) is 3.62. The lowest BCUT2D eigenvalue weighted by Gasteiger charge is -2.13. The SMILES string of the molecule is O=C1S/C(=C\c2ccccc2Sc2ccc(Cl)cc2)C(=O)N1Cc1ccc2ccccc2c1. The number of hydrogen-bond donors (Lipinski definition) is 0. The monoisotopic (exact) mass is 487 g/mol. The van der Waals surface area contributed by atoms with Crippen molar-refractivity contribution >= 4 is 63.1 Å². The molecule has 33 heavy (non-hydrogen) atoms. The molecule has 0 aromatic heterocycles. The normalized spacial score (nSPS) is 15.1. The van der Waals surface area contributed by atoms with E-state index in [2.05, 4.69) is 0 Å². The van der Waals surface area contributed by atoms with Crippen molar-refractivity contribution < 1.29 is 9.59 Å². The lowest BCUT2D eigenvalue weighted by molar-refractivity contribution is -0.123. The summed E-state index contributed by atoms with van der Waals surface area (Å²) in [5.41, 5.74) is 1.82. The van der Waals surface area contributed by atoms with Crippen LogP contribution in [0.15, 0.2) is 106 Å². The summed E-state index contributed by atoms with van der Waals surface area (Å²) in [4.78, 5) is 29.6. The summed E-state index contributed by atoms with van der Waals surface area (Å²) in [6, 6.07) is 29.5. The number of fused-ring (bicyclic) bond motifs is 1. The van der Waals surface area contributed by atoms with Gasteiger partial charge in [-0.25, -0.2) is 0 Å². The topological polar surface area (TPSA) is 37.4 Å². The van der Waals surface area contributed by atoms with Crippen LogP contribution in [-0.4, -0.2) is 16.0 Å². The van der Waals surface area contributed by atoms with Crippen molar-refractivity contribution in [3.8, 4) is 0 Å². The van der Waals surface area contributed by atoms with Crippen molar-refractivity contribution in [1.82, 2.24) is 4.90 Å². The maximum atomic E-state index is 13.1. The van der Waals surface area contributed by atoms with Gasteiger partial charge in [0, 0.05) is 14.8 Å². The molecule has 3 nitrogen and oxygen atoms in total. The van der Waals surface area contributed by atoms with E-state index in [4.69, 9.17) is 11.6 Å². The molecule has 0 N–H and O–H groups in total. The van der Waals surface area contributed by atoms with E-state index in [-0.39, 0.29) is 17.7 Å². The lowest BCUT2D eigenvalue weighted by Crippen LogP contribution is -2.27. The number of thioether (sulfide) groups is 1. The summed E-state index contributed by atoms with van der Waals surface area (Å²) in [5.74, 6) is -0.260. The van der Waals surface area contributed by atoms with Gasteiger partial charge in [-0.3, -0.25) is 14.5 Å². The van der Waals surface area contributed by atoms with Crippen LogP contribution in [0.3, 0.4) is 0 Å². The quantitative estimate of drug-likeness (QED) is 0.268. The molecule has 0 aliphatic carbocycles. The average molecular weight is 488 g/mol. The maximum absolute atomic E-state index is 13.1. The molecule has 1 fully saturated rings. The first-order valence-corrected chi connectivity index (χ1v) is 12.3. The van der Waals surface area contributed by atoms with Gasteiger partial charge < -0.3 is 0 Å². The standard InChI is InChI=1S/C27H18ClNO2S2/c28-22-11-13-23(14-12-22)32-24-8-4-3-7-21(24)16-25-26(30)29(27(31)33-25)17-18-9-10-19-5-1-2-6-20(19)15-18/h1-16H,17H2/b25-16-. The number of hydrogen-bond acceptors (Lipinski definition) is 4. The van der Waals surface area contributed by atoms with Crippen LogP contribution in [-0.2, 0) is 11.3 Å². The number of amides is 2. The van der Waals surface area contributed by atoms with Gasteiger partial charge in [0.1, 0.15) is 0 Å². The highest BCUT2D eigenvalue weighted by Crippen LogP contribution is 2.37. The molecule has 0 saturated carbocycles. The van der Waals surface area contributed by atoms with Gasteiger partial charge in [0.2, 0.25) is 0 Å². The first-order chi connectivity index (χ1) is 16.1. The van der Waals surface area contributed by atoms with Crippen molar-refractivity contribution in [3.63, 3.8) is 0 Å². The highest BCUT2D eigenvalue weighted by molar-refractivity contribution is 8.18. The summed E-state index contributed by atoms with van der Waals surface area (Å²) in [6.45, 7) is 0.258. The largest absolute Gasteiger partial charge is 0.293 e.